The number of hydrogen-bond acceptors (Lipinski definition) is 8. The van der Waals surface area contributed by atoms with Gasteiger partial charge >= 0.3 is 0 Å². The number of anilines is 1. The van der Waals surface area contributed by atoms with Gasteiger partial charge in [0.2, 0.25) is 5.82 Å². The molecule has 0 bridgehead atoms. The van der Waals surface area contributed by atoms with Gasteiger partial charge in [0.25, 0.3) is 0 Å². The van der Waals surface area contributed by atoms with Crippen molar-refractivity contribution >= 4 is 74.5 Å². The van der Waals surface area contributed by atoms with Crippen molar-refractivity contribution in [2.24, 2.45) is 4.99 Å². The highest BCUT2D eigenvalue weighted by atomic mass is 79.9. The van der Waals surface area contributed by atoms with E-state index in [1.54, 1.807) is 0 Å². The van der Waals surface area contributed by atoms with Gasteiger partial charge in [0.05, 0.1) is 41.5 Å². The molecule has 1 aliphatic heterocycles. The van der Waals surface area contributed by atoms with Crippen LogP contribution < -0.4 is 10.8 Å². The molecule has 1 unspecified atom stereocenters. The van der Waals surface area contributed by atoms with E-state index in [0.717, 1.165) is 6.07 Å². The number of benzene rings is 1. The number of amidine groups is 1. The molecule has 3 N–H and O–H groups in total. The third kappa shape index (κ3) is 3.73. The van der Waals surface area contributed by atoms with Crippen LogP contribution in [-0.4, -0.2) is 76.3 Å². The first-order valence-electron chi connectivity index (χ1n) is 7.83. The third-order valence-corrected chi connectivity index (χ3v) is 7.30. The van der Waals surface area contributed by atoms with Crippen molar-refractivity contribution in [3.8, 4) is 0 Å². The maximum absolute atomic E-state index is 13.4. The molecule has 0 amide bonds. The fraction of sp³-hybridized carbons (Fsp3) is 0.308. The fourth-order valence-electron chi connectivity index (χ4n) is 2.69. The van der Waals surface area contributed by atoms with E-state index < -0.39 is 30.8 Å². The Hall–Kier alpha value is -1.79. The molecule has 1 atom stereocenters. The van der Waals surface area contributed by atoms with Crippen LogP contribution >= 0.6 is 15.9 Å². The van der Waals surface area contributed by atoms with E-state index in [1.807, 2.05) is 5.48 Å². The van der Waals surface area contributed by atoms with E-state index in [-0.39, 0.29) is 33.9 Å². The molecule has 142 valence electrons. The molecule has 1 aromatic carbocycles. The van der Waals surface area contributed by atoms with Crippen LogP contribution in [0.2, 0.25) is 0 Å². The maximum atomic E-state index is 13.4. The second kappa shape index (κ2) is 7.47. The lowest BCUT2D eigenvalue weighted by Gasteiger charge is -2.28. The summed E-state index contributed by atoms with van der Waals surface area (Å²) in [4.78, 5) is 4.08. The predicted molar refractivity (Wildman–Crippen MR) is 109 cm³/mol. The van der Waals surface area contributed by atoms with Crippen molar-refractivity contribution in [3.05, 3.63) is 34.2 Å². The number of nitrogens with one attached hydrogen (secondary N) is 2. The SMILES string of the molecule is [B]C1([B])CC(Nc2nonc2C(=Nc2ccc(F)c(Br)c2)NO)C([B])([B])S1(=O)=O. The second-order valence-electron chi connectivity index (χ2n) is 6.35. The number of hydroxylamine groups is 1. The van der Waals surface area contributed by atoms with Gasteiger partial charge in [0.15, 0.2) is 11.5 Å². The Labute approximate surface area is 178 Å². The van der Waals surface area contributed by atoms with Crippen LogP contribution in [0.15, 0.2) is 32.3 Å². The highest BCUT2D eigenvalue weighted by Gasteiger charge is 2.56. The zero-order valence-electron chi connectivity index (χ0n) is 14.5. The minimum absolute atomic E-state index is 0.141. The fourth-order valence-corrected chi connectivity index (χ4v) is 4.61. The third-order valence-electron chi connectivity index (χ3n) is 4.31. The van der Waals surface area contributed by atoms with E-state index in [0.29, 0.717) is 0 Å². The molecule has 1 fully saturated rings. The van der Waals surface area contributed by atoms with Gasteiger partial charge in [-0.1, -0.05) is 0 Å². The standard InChI is InChI=1S/C13H9B4BrFN5O4S/c14-12(15)4-8(13(16,17)29(12,26)27)21-11-9(23-28-24-11)10(22-25)20-5-1-2-7(19)6(18)3-5/h1-3,8,25H,4H2,(H,20,22)(H,21,24). The van der Waals surface area contributed by atoms with Crippen LogP contribution in [0.3, 0.4) is 0 Å². The molecular formula is C13H9B4BrFN5O4S. The summed E-state index contributed by atoms with van der Waals surface area (Å²) in [5.41, 5.74) is 1.91. The van der Waals surface area contributed by atoms with Gasteiger partial charge in [-0.2, -0.15) is 0 Å². The molecule has 1 saturated heterocycles. The smallest absolute Gasteiger partial charge is 0.202 e. The monoisotopic (exact) mass is 473 g/mol. The average Bonchev–Trinajstić information content (AvgIpc) is 3.13. The molecule has 29 heavy (non-hydrogen) atoms. The summed E-state index contributed by atoms with van der Waals surface area (Å²) in [6.45, 7) is 0. The van der Waals surface area contributed by atoms with Gasteiger partial charge in [-0.3, -0.25) is 10.7 Å². The molecule has 1 aromatic heterocycles. The number of nitrogens with zero attached hydrogens (tertiary/aromatic N) is 3. The summed E-state index contributed by atoms with van der Waals surface area (Å²) in [7, 11) is 18.4. The van der Waals surface area contributed by atoms with Crippen LogP contribution in [-0.2, 0) is 9.84 Å². The quantitative estimate of drug-likeness (QED) is 0.237. The normalized spacial score (nSPS) is 22.3. The molecule has 0 saturated carbocycles. The molecule has 8 radical (unpaired) electrons. The van der Waals surface area contributed by atoms with Gasteiger partial charge in [-0.15, -0.1) is 0 Å². The number of aliphatic imine (C=N–C) groups is 1. The summed E-state index contributed by atoms with van der Waals surface area (Å²) in [5, 5.41) is 19.3. The summed E-state index contributed by atoms with van der Waals surface area (Å²) in [6.07, 6.45) is -0.349. The summed E-state index contributed by atoms with van der Waals surface area (Å²) in [6, 6.07) is 2.66. The van der Waals surface area contributed by atoms with E-state index in [4.69, 9.17) is 31.4 Å². The zero-order valence-corrected chi connectivity index (χ0v) is 16.9. The van der Waals surface area contributed by atoms with Gasteiger partial charge in [-0.05, 0) is 55.4 Å². The summed E-state index contributed by atoms with van der Waals surface area (Å²) < 4.78 is 38.3. The highest BCUT2D eigenvalue weighted by Crippen LogP contribution is 2.39. The maximum Gasteiger partial charge on any atom is 0.202 e. The van der Waals surface area contributed by atoms with Crippen LogP contribution in [0.25, 0.3) is 0 Å². The number of rotatable bonds is 4. The Morgan fingerprint density at radius 2 is 2.03 bits per heavy atom. The molecule has 9 nitrogen and oxygen atoms in total. The molecule has 2 aromatic rings. The zero-order chi connectivity index (χ0) is 21.6. The first kappa shape index (κ1) is 21.9. The minimum atomic E-state index is -4.32. The van der Waals surface area contributed by atoms with Gasteiger partial charge in [0.1, 0.15) is 15.7 Å². The summed E-state index contributed by atoms with van der Waals surface area (Å²) in [5.74, 6) is -0.909. The Kier molecular flexibility index (Phi) is 5.65. The van der Waals surface area contributed by atoms with Crippen molar-refractivity contribution in [1.29, 1.82) is 0 Å². The predicted octanol–water partition coefficient (Wildman–Crippen LogP) is -0.391. The van der Waals surface area contributed by atoms with E-state index >= 15 is 0 Å². The molecule has 1 aliphatic rings. The molecule has 0 spiro atoms. The Morgan fingerprint density at radius 1 is 1.34 bits per heavy atom. The lowest BCUT2D eigenvalue weighted by Crippen LogP contribution is -2.51. The van der Waals surface area contributed by atoms with Crippen LogP contribution in [0.1, 0.15) is 12.1 Å². The minimum Gasteiger partial charge on any atom is -0.362 e. The van der Waals surface area contributed by atoms with Crippen LogP contribution in [0.4, 0.5) is 15.9 Å². The Balaban J connectivity index is 1.94. The lowest BCUT2D eigenvalue weighted by atomic mass is 9.59. The second-order valence-corrected chi connectivity index (χ2v) is 9.67. The van der Waals surface area contributed by atoms with Crippen molar-refractivity contribution in [2.75, 3.05) is 5.32 Å². The van der Waals surface area contributed by atoms with Crippen molar-refractivity contribution in [3.63, 3.8) is 0 Å². The number of aromatic nitrogens is 2. The van der Waals surface area contributed by atoms with Crippen molar-refractivity contribution in [1.82, 2.24) is 15.8 Å². The van der Waals surface area contributed by atoms with Gasteiger partial charge in [0, 0.05) is 10.6 Å². The number of sulfone groups is 1. The summed E-state index contributed by atoms with van der Waals surface area (Å²) >= 11 is 3.02. The largest absolute Gasteiger partial charge is 0.362 e. The molecule has 2 heterocycles. The lowest BCUT2D eigenvalue weighted by molar-refractivity contribution is 0.234. The Bertz CT molecular complexity index is 1080. The number of halogens is 2. The average molecular weight is 473 g/mol. The van der Waals surface area contributed by atoms with Crippen LogP contribution in [0.5, 0.6) is 0 Å². The first-order chi connectivity index (χ1) is 13.4. The highest BCUT2D eigenvalue weighted by molar-refractivity contribution is 9.10. The van der Waals surface area contributed by atoms with Crippen LogP contribution in [0, 0.1) is 5.82 Å². The molecular weight excluding hydrogens is 464 g/mol. The van der Waals surface area contributed by atoms with E-state index in [1.165, 1.54) is 12.1 Å². The molecule has 0 aliphatic carbocycles. The van der Waals surface area contributed by atoms with Crippen molar-refractivity contribution < 1.29 is 22.6 Å². The van der Waals surface area contributed by atoms with Gasteiger partial charge in [-0.25, -0.2) is 22.4 Å². The Morgan fingerprint density at radius 3 is 2.59 bits per heavy atom. The first-order valence-corrected chi connectivity index (χ1v) is 10.1. The van der Waals surface area contributed by atoms with Crippen molar-refractivity contribution in [2.45, 2.75) is 21.6 Å². The topological polar surface area (TPSA) is 130 Å². The molecule has 16 heteroatoms. The van der Waals surface area contributed by atoms with E-state index in [9.17, 15) is 18.0 Å². The molecule has 3 rings (SSSR count). The van der Waals surface area contributed by atoms with E-state index in [2.05, 4.69) is 41.2 Å². The van der Waals surface area contributed by atoms with Gasteiger partial charge < -0.3 is 5.32 Å². The number of hydrogen-bond donors (Lipinski definition) is 3.